The van der Waals surface area contributed by atoms with Crippen LogP contribution in [-0.4, -0.2) is 38.0 Å². The van der Waals surface area contributed by atoms with Gasteiger partial charge < -0.3 is 14.8 Å². The van der Waals surface area contributed by atoms with Crippen LogP contribution >= 0.6 is 0 Å². The minimum atomic E-state index is 0.133. The number of methoxy groups -OCH3 is 1. The summed E-state index contributed by atoms with van der Waals surface area (Å²) in [6, 6.07) is 0. The lowest BCUT2D eigenvalue weighted by atomic mass is 9.85. The average molecular weight is 271 g/mol. The van der Waals surface area contributed by atoms with Crippen LogP contribution in [0.25, 0.3) is 0 Å². The molecule has 1 aliphatic carbocycles. The topological polar surface area (TPSA) is 30.5 Å². The molecule has 3 atom stereocenters. The lowest BCUT2D eigenvalue weighted by molar-refractivity contribution is -0.0689. The van der Waals surface area contributed by atoms with E-state index in [1.165, 1.54) is 32.1 Å². The molecule has 19 heavy (non-hydrogen) atoms. The summed E-state index contributed by atoms with van der Waals surface area (Å²) in [5.74, 6) is 0.859. The summed E-state index contributed by atoms with van der Waals surface area (Å²) in [5.41, 5.74) is 0.133. The van der Waals surface area contributed by atoms with Crippen LogP contribution in [0.1, 0.15) is 59.8 Å². The first-order chi connectivity index (χ1) is 8.94. The molecule has 0 radical (unpaired) electrons. The van der Waals surface area contributed by atoms with Gasteiger partial charge in [-0.05, 0) is 39.5 Å². The predicted molar refractivity (Wildman–Crippen MR) is 80.5 cm³/mol. The van der Waals surface area contributed by atoms with Gasteiger partial charge in [0.2, 0.25) is 0 Å². The fourth-order valence-corrected chi connectivity index (χ4v) is 2.76. The van der Waals surface area contributed by atoms with E-state index in [2.05, 4.69) is 33.0 Å². The zero-order valence-electron chi connectivity index (χ0n) is 13.5. The van der Waals surface area contributed by atoms with Gasteiger partial charge in [0.1, 0.15) is 0 Å². The molecule has 0 aromatic rings. The summed E-state index contributed by atoms with van der Waals surface area (Å²) in [5, 5.41) is 3.52. The molecule has 0 bridgehead atoms. The Morgan fingerprint density at radius 3 is 2.58 bits per heavy atom. The Morgan fingerprint density at radius 2 is 2.00 bits per heavy atom. The van der Waals surface area contributed by atoms with E-state index in [-0.39, 0.29) is 11.6 Å². The molecule has 0 amide bonds. The first-order valence-corrected chi connectivity index (χ1v) is 7.84. The van der Waals surface area contributed by atoms with Crippen molar-refractivity contribution < 1.29 is 9.47 Å². The van der Waals surface area contributed by atoms with Crippen molar-refractivity contribution >= 4 is 0 Å². The van der Waals surface area contributed by atoms with Gasteiger partial charge in [-0.25, -0.2) is 0 Å². The number of hydrogen-bond donors (Lipinski definition) is 1. The number of rotatable bonds is 7. The molecule has 1 saturated carbocycles. The molecule has 0 heterocycles. The molecule has 3 nitrogen and oxygen atoms in total. The maximum Gasteiger partial charge on any atom is 0.0936 e. The highest BCUT2D eigenvalue weighted by atomic mass is 16.5. The van der Waals surface area contributed by atoms with Crippen LogP contribution in [0.2, 0.25) is 0 Å². The summed E-state index contributed by atoms with van der Waals surface area (Å²) in [6.45, 7) is 10.4. The Kier molecular flexibility index (Phi) is 7.33. The summed E-state index contributed by atoms with van der Waals surface area (Å²) in [6.07, 6.45) is 7.03. The summed E-state index contributed by atoms with van der Waals surface area (Å²) in [7, 11) is 1.75. The third-order valence-electron chi connectivity index (χ3n) is 3.91. The number of nitrogens with one attached hydrogen (secondary N) is 1. The Hall–Kier alpha value is -0.120. The van der Waals surface area contributed by atoms with E-state index >= 15 is 0 Å². The Bertz CT molecular complexity index is 237. The summed E-state index contributed by atoms with van der Waals surface area (Å²) >= 11 is 0. The minimum absolute atomic E-state index is 0.133. The first-order valence-electron chi connectivity index (χ1n) is 7.84. The molecule has 0 aromatic heterocycles. The minimum Gasteiger partial charge on any atom is -0.382 e. The van der Waals surface area contributed by atoms with Gasteiger partial charge in [-0.3, -0.25) is 0 Å². The van der Waals surface area contributed by atoms with E-state index in [4.69, 9.17) is 9.47 Å². The van der Waals surface area contributed by atoms with Crippen LogP contribution < -0.4 is 5.32 Å². The molecule has 0 aromatic carbocycles. The molecule has 114 valence electrons. The van der Waals surface area contributed by atoms with Gasteiger partial charge in [-0.15, -0.1) is 0 Å². The standard InChI is InChI=1S/C16H33NO2/c1-6-13-8-7-9-14(10-13)19-15(12-18-5)11-17-16(2,3)4/h13-15,17H,6-12H2,1-5H3. The van der Waals surface area contributed by atoms with Gasteiger partial charge >= 0.3 is 0 Å². The normalized spacial score (nSPS) is 26.4. The second kappa shape index (κ2) is 8.23. The van der Waals surface area contributed by atoms with E-state index in [0.717, 1.165) is 12.5 Å². The lowest BCUT2D eigenvalue weighted by Gasteiger charge is -2.33. The molecule has 0 saturated heterocycles. The molecule has 0 spiro atoms. The SMILES string of the molecule is CCC1CCCC(OC(CNC(C)(C)C)COC)C1. The van der Waals surface area contributed by atoms with E-state index < -0.39 is 0 Å². The summed E-state index contributed by atoms with van der Waals surface area (Å²) < 4.78 is 11.6. The van der Waals surface area contributed by atoms with E-state index in [9.17, 15) is 0 Å². The van der Waals surface area contributed by atoms with Gasteiger partial charge in [-0.2, -0.15) is 0 Å². The highest BCUT2D eigenvalue weighted by molar-refractivity contribution is 4.77. The van der Waals surface area contributed by atoms with Crippen molar-refractivity contribution in [1.82, 2.24) is 5.32 Å². The van der Waals surface area contributed by atoms with Crippen molar-refractivity contribution in [2.75, 3.05) is 20.3 Å². The van der Waals surface area contributed by atoms with Crippen LogP contribution in [0.15, 0.2) is 0 Å². The van der Waals surface area contributed by atoms with Crippen molar-refractivity contribution in [2.24, 2.45) is 5.92 Å². The van der Waals surface area contributed by atoms with Crippen molar-refractivity contribution in [3.05, 3.63) is 0 Å². The van der Waals surface area contributed by atoms with Gasteiger partial charge in [-0.1, -0.05) is 26.2 Å². The molecular formula is C16H33NO2. The summed E-state index contributed by atoms with van der Waals surface area (Å²) in [4.78, 5) is 0. The smallest absolute Gasteiger partial charge is 0.0936 e. The van der Waals surface area contributed by atoms with Crippen LogP contribution in [-0.2, 0) is 9.47 Å². The molecule has 1 aliphatic rings. The Labute approximate surface area is 119 Å². The van der Waals surface area contributed by atoms with Crippen molar-refractivity contribution in [3.8, 4) is 0 Å². The number of ether oxygens (including phenoxy) is 2. The van der Waals surface area contributed by atoms with Gasteiger partial charge in [0.05, 0.1) is 18.8 Å². The second-order valence-electron chi connectivity index (χ2n) is 6.91. The quantitative estimate of drug-likeness (QED) is 0.770. The van der Waals surface area contributed by atoms with Crippen LogP contribution in [0.3, 0.4) is 0 Å². The monoisotopic (exact) mass is 271 g/mol. The number of hydrogen-bond acceptors (Lipinski definition) is 3. The Morgan fingerprint density at radius 1 is 1.26 bits per heavy atom. The molecule has 1 rings (SSSR count). The zero-order valence-corrected chi connectivity index (χ0v) is 13.5. The van der Waals surface area contributed by atoms with Crippen molar-refractivity contribution in [2.45, 2.75) is 77.5 Å². The van der Waals surface area contributed by atoms with E-state index in [1.807, 2.05) is 0 Å². The predicted octanol–water partition coefficient (Wildman–Crippen LogP) is 3.37. The Balaban J connectivity index is 2.39. The highest BCUT2D eigenvalue weighted by Crippen LogP contribution is 2.29. The maximum absolute atomic E-state index is 6.27. The first kappa shape index (κ1) is 16.9. The molecule has 1 N–H and O–H groups in total. The largest absolute Gasteiger partial charge is 0.382 e. The highest BCUT2D eigenvalue weighted by Gasteiger charge is 2.24. The van der Waals surface area contributed by atoms with E-state index in [1.54, 1.807) is 7.11 Å². The second-order valence-corrected chi connectivity index (χ2v) is 6.91. The molecule has 3 unspecified atom stereocenters. The van der Waals surface area contributed by atoms with Gasteiger partial charge in [0.15, 0.2) is 0 Å². The third-order valence-corrected chi connectivity index (χ3v) is 3.91. The van der Waals surface area contributed by atoms with Crippen molar-refractivity contribution in [3.63, 3.8) is 0 Å². The maximum atomic E-state index is 6.27. The van der Waals surface area contributed by atoms with Crippen molar-refractivity contribution in [1.29, 1.82) is 0 Å². The van der Waals surface area contributed by atoms with Crippen LogP contribution in [0.5, 0.6) is 0 Å². The zero-order chi connectivity index (χ0) is 14.3. The molecule has 3 heteroatoms. The third kappa shape index (κ3) is 7.28. The molecule has 0 aliphatic heterocycles. The van der Waals surface area contributed by atoms with Crippen LogP contribution in [0, 0.1) is 5.92 Å². The van der Waals surface area contributed by atoms with E-state index in [0.29, 0.717) is 12.7 Å². The fraction of sp³-hybridized carbons (Fsp3) is 1.00. The van der Waals surface area contributed by atoms with Gasteiger partial charge in [0, 0.05) is 19.2 Å². The van der Waals surface area contributed by atoms with Gasteiger partial charge in [0.25, 0.3) is 0 Å². The lowest BCUT2D eigenvalue weighted by Crippen LogP contribution is -2.44. The fourth-order valence-electron chi connectivity index (χ4n) is 2.76. The molecular weight excluding hydrogens is 238 g/mol. The average Bonchev–Trinajstić information content (AvgIpc) is 2.35. The molecule has 1 fully saturated rings. The van der Waals surface area contributed by atoms with Crippen LogP contribution in [0.4, 0.5) is 0 Å².